The van der Waals surface area contributed by atoms with E-state index < -0.39 is 23.7 Å². The highest BCUT2D eigenvalue weighted by molar-refractivity contribution is 7.07. The summed E-state index contributed by atoms with van der Waals surface area (Å²) in [5.74, 6) is -0.653. The van der Waals surface area contributed by atoms with Crippen LogP contribution in [0.3, 0.4) is 0 Å². The Bertz CT molecular complexity index is 1700. The lowest BCUT2D eigenvalue weighted by Gasteiger charge is -2.44. The molecule has 8 nitrogen and oxygen atoms in total. The number of thiazole rings is 1. The molecule has 9 heteroatoms. The van der Waals surface area contributed by atoms with Crippen LogP contribution in [-0.2, 0) is 9.53 Å². The molecule has 0 saturated heterocycles. The van der Waals surface area contributed by atoms with Crippen LogP contribution in [0.2, 0.25) is 0 Å². The number of aromatic nitrogens is 3. The Morgan fingerprint density at radius 1 is 1.14 bits per heavy atom. The van der Waals surface area contributed by atoms with Crippen LogP contribution in [0, 0.1) is 19.8 Å². The van der Waals surface area contributed by atoms with Gasteiger partial charge in [0.1, 0.15) is 11.7 Å². The molecule has 3 unspecified atom stereocenters. The van der Waals surface area contributed by atoms with Gasteiger partial charge in [-0.25, -0.2) is 9.67 Å². The number of ether oxygens (including phenoxy) is 2. The molecule has 36 heavy (non-hydrogen) atoms. The predicted molar refractivity (Wildman–Crippen MR) is 135 cm³/mol. The highest BCUT2D eigenvalue weighted by Gasteiger charge is 2.55. The fourth-order valence-electron chi connectivity index (χ4n) is 5.25. The van der Waals surface area contributed by atoms with Crippen molar-refractivity contribution in [2.45, 2.75) is 32.5 Å². The molecule has 2 aliphatic rings. The van der Waals surface area contributed by atoms with Crippen molar-refractivity contribution in [3.05, 3.63) is 96.8 Å². The number of nitrogens with zero attached hydrogens (tertiary/aromatic N) is 4. The van der Waals surface area contributed by atoms with E-state index in [0.29, 0.717) is 15.1 Å². The van der Waals surface area contributed by atoms with Gasteiger partial charge in [-0.05, 0) is 45.0 Å². The number of hydrogen-bond acceptors (Lipinski definition) is 7. The molecule has 4 heterocycles. The molecule has 0 aliphatic carbocycles. The van der Waals surface area contributed by atoms with Crippen molar-refractivity contribution in [3.63, 3.8) is 0 Å². The Hall–Kier alpha value is -3.98. The van der Waals surface area contributed by atoms with Gasteiger partial charge in [0.05, 0.1) is 29.1 Å². The second-order valence-electron chi connectivity index (χ2n) is 9.15. The summed E-state index contributed by atoms with van der Waals surface area (Å²) >= 11 is 1.29. The van der Waals surface area contributed by atoms with Gasteiger partial charge < -0.3 is 9.47 Å². The maximum absolute atomic E-state index is 13.9. The Morgan fingerprint density at radius 2 is 1.86 bits per heavy atom. The quantitative estimate of drug-likeness (QED) is 0.404. The molecule has 2 aliphatic heterocycles. The molecular weight excluding hydrogens is 476 g/mol. The number of para-hydroxylation sites is 2. The van der Waals surface area contributed by atoms with E-state index in [1.165, 1.54) is 18.4 Å². The third-order valence-corrected chi connectivity index (χ3v) is 7.94. The van der Waals surface area contributed by atoms with Crippen molar-refractivity contribution in [1.82, 2.24) is 14.3 Å². The van der Waals surface area contributed by atoms with Crippen LogP contribution in [0.4, 0.5) is 0 Å². The standard InChI is InChI=1S/C27H24N4O4S/c1-15-19(16(2)31(29-15)17-10-6-5-7-11-17)14-21-24(32)30-23-18-12-8-9-13-20(18)35-27(3,28-26(30)36-21)22(23)25(33)34-4/h5-14,22-23H,1-4H3. The first-order valence-electron chi connectivity index (χ1n) is 11.6. The van der Waals surface area contributed by atoms with E-state index in [2.05, 4.69) is 0 Å². The summed E-state index contributed by atoms with van der Waals surface area (Å²) in [7, 11) is 1.34. The first kappa shape index (κ1) is 22.5. The van der Waals surface area contributed by atoms with E-state index >= 15 is 0 Å². The molecular formula is C27H24N4O4S. The van der Waals surface area contributed by atoms with Crippen molar-refractivity contribution < 1.29 is 14.3 Å². The Balaban J connectivity index is 1.58. The van der Waals surface area contributed by atoms with Crippen LogP contribution in [0.25, 0.3) is 11.8 Å². The number of benzene rings is 2. The zero-order chi connectivity index (χ0) is 25.2. The molecule has 0 fully saturated rings. The highest BCUT2D eigenvalue weighted by atomic mass is 32.1. The normalized spacial score (nSPS) is 22.3. The molecule has 2 bridgehead atoms. The van der Waals surface area contributed by atoms with Gasteiger partial charge in [-0.1, -0.05) is 47.7 Å². The summed E-state index contributed by atoms with van der Waals surface area (Å²) in [6.07, 6.45) is 1.87. The number of aryl methyl sites for hydroxylation is 1. The van der Waals surface area contributed by atoms with Gasteiger partial charge in [-0.3, -0.25) is 14.2 Å². The fraction of sp³-hybridized carbons (Fsp3) is 0.259. The lowest BCUT2D eigenvalue weighted by Crippen LogP contribution is -2.58. The number of fused-ring (bicyclic) bond motifs is 6. The monoisotopic (exact) mass is 500 g/mol. The number of rotatable bonds is 3. The Kier molecular flexibility index (Phi) is 5.01. The van der Waals surface area contributed by atoms with E-state index in [-0.39, 0.29) is 5.56 Å². The average molecular weight is 501 g/mol. The third kappa shape index (κ3) is 3.19. The van der Waals surface area contributed by atoms with Gasteiger partial charge in [-0.2, -0.15) is 5.10 Å². The van der Waals surface area contributed by atoms with Crippen molar-refractivity contribution in [1.29, 1.82) is 0 Å². The summed E-state index contributed by atoms with van der Waals surface area (Å²) in [5.41, 5.74) is 2.94. The third-order valence-electron chi connectivity index (χ3n) is 6.96. The number of carbonyl (C=O) groups excluding carboxylic acids is 1. The van der Waals surface area contributed by atoms with Gasteiger partial charge in [0.15, 0.2) is 4.80 Å². The fourth-order valence-corrected chi connectivity index (χ4v) is 6.33. The summed E-state index contributed by atoms with van der Waals surface area (Å²) in [6, 6.07) is 16.8. The van der Waals surface area contributed by atoms with Gasteiger partial charge in [-0.15, -0.1) is 0 Å². The van der Waals surface area contributed by atoms with Crippen LogP contribution in [0.15, 0.2) is 64.4 Å². The second kappa shape index (κ2) is 8.03. The minimum atomic E-state index is -1.19. The largest absolute Gasteiger partial charge is 0.469 e. The number of esters is 1. The number of carbonyl (C=O) groups is 1. The molecule has 182 valence electrons. The Labute approximate surface area is 210 Å². The van der Waals surface area contributed by atoms with Crippen molar-refractivity contribution in [2.75, 3.05) is 7.11 Å². The van der Waals surface area contributed by atoms with Crippen LogP contribution in [0.5, 0.6) is 5.75 Å². The maximum Gasteiger partial charge on any atom is 0.317 e. The summed E-state index contributed by atoms with van der Waals surface area (Å²) in [6.45, 7) is 5.69. The van der Waals surface area contributed by atoms with Gasteiger partial charge >= 0.3 is 5.97 Å². The smallest absolute Gasteiger partial charge is 0.317 e. The summed E-state index contributed by atoms with van der Waals surface area (Å²) in [4.78, 5) is 32.1. The van der Waals surface area contributed by atoms with Crippen molar-refractivity contribution in [3.8, 4) is 11.4 Å². The summed E-state index contributed by atoms with van der Waals surface area (Å²) < 4.78 is 15.4. The predicted octanol–water partition coefficient (Wildman–Crippen LogP) is 2.66. The average Bonchev–Trinajstić information content (AvgIpc) is 3.33. The lowest BCUT2D eigenvalue weighted by molar-refractivity contribution is -0.158. The van der Waals surface area contributed by atoms with E-state index in [0.717, 1.165) is 28.2 Å². The first-order valence-corrected chi connectivity index (χ1v) is 12.4. The zero-order valence-corrected chi connectivity index (χ0v) is 21.1. The second-order valence-corrected chi connectivity index (χ2v) is 10.2. The molecule has 2 aromatic heterocycles. The molecule has 0 spiro atoms. The van der Waals surface area contributed by atoms with Crippen molar-refractivity contribution >= 4 is 23.4 Å². The van der Waals surface area contributed by atoms with Gasteiger partial charge in [0, 0.05) is 16.8 Å². The molecule has 4 aromatic rings. The van der Waals surface area contributed by atoms with Crippen LogP contribution >= 0.6 is 11.3 Å². The summed E-state index contributed by atoms with van der Waals surface area (Å²) in [5, 5.41) is 4.71. The molecule has 0 amide bonds. The molecule has 3 atom stereocenters. The van der Waals surface area contributed by atoms with Crippen LogP contribution in [-0.4, -0.2) is 33.2 Å². The first-order chi connectivity index (χ1) is 17.3. The van der Waals surface area contributed by atoms with E-state index in [4.69, 9.17) is 19.6 Å². The minimum Gasteiger partial charge on any atom is -0.469 e. The van der Waals surface area contributed by atoms with E-state index in [1.54, 1.807) is 11.5 Å². The highest BCUT2D eigenvalue weighted by Crippen LogP contribution is 2.47. The van der Waals surface area contributed by atoms with Crippen LogP contribution in [0.1, 0.15) is 35.5 Å². The SMILES string of the molecule is COC(=O)C1C2c3ccccc3OC1(C)N=c1sc(=Cc3c(C)nn(-c4ccccc4)c3C)c(=O)n12. The topological polar surface area (TPSA) is 87.7 Å². The van der Waals surface area contributed by atoms with Gasteiger partial charge in [0.25, 0.3) is 5.56 Å². The molecule has 0 N–H and O–H groups in total. The Morgan fingerprint density at radius 3 is 2.61 bits per heavy atom. The zero-order valence-electron chi connectivity index (χ0n) is 20.3. The lowest BCUT2D eigenvalue weighted by atomic mass is 9.81. The molecule has 0 saturated carbocycles. The molecule has 2 aromatic carbocycles. The minimum absolute atomic E-state index is 0.206. The number of hydrogen-bond donors (Lipinski definition) is 0. The van der Waals surface area contributed by atoms with Gasteiger partial charge in [0.2, 0.25) is 5.72 Å². The van der Waals surface area contributed by atoms with E-state index in [9.17, 15) is 9.59 Å². The van der Waals surface area contributed by atoms with Crippen LogP contribution < -0.4 is 19.6 Å². The number of methoxy groups -OCH3 is 1. The maximum atomic E-state index is 13.9. The van der Waals surface area contributed by atoms with Crippen molar-refractivity contribution in [2.24, 2.45) is 10.9 Å². The molecule has 0 radical (unpaired) electrons. The van der Waals surface area contributed by atoms with E-state index in [1.807, 2.05) is 79.2 Å². The molecule has 6 rings (SSSR count).